The molecule has 2 N–H and O–H groups in total. The summed E-state index contributed by atoms with van der Waals surface area (Å²) >= 11 is 0. The first kappa shape index (κ1) is 19.0. The van der Waals surface area contributed by atoms with Crippen LogP contribution < -0.4 is 15.4 Å². The predicted molar refractivity (Wildman–Crippen MR) is 99.1 cm³/mol. The van der Waals surface area contributed by atoms with Crippen LogP contribution in [0.2, 0.25) is 0 Å². The molecule has 0 unspecified atom stereocenters. The fourth-order valence-electron chi connectivity index (χ4n) is 3.09. The van der Waals surface area contributed by atoms with Crippen molar-refractivity contribution in [2.75, 3.05) is 38.6 Å². The third-order valence-corrected chi connectivity index (χ3v) is 4.73. The number of carbonyl (C=O) groups is 1. The summed E-state index contributed by atoms with van der Waals surface area (Å²) < 4.78 is 5.26. The van der Waals surface area contributed by atoms with Crippen molar-refractivity contribution in [3.8, 4) is 5.75 Å². The first-order chi connectivity index (χ1) is 11.2. The van der Waals surface area contributed by atoms with Gasteiger partial charge < -0.3 is 15.4 Å². The fraction of sp³-hybridized carbons (Fsp3) is 0.611. The highest BCUT2D eigenvalue weighted by atomic mass is 35.5. The lowest BCUT2D eigenvalue weighted by Gasteiger charge is -2.32. The van der Waals surface area contributed by atoms with Crippen LogP contribution in [0.4, 0.5) is 5.69 Å². The van der Waals surface area contributed by atoms with Gasteiger partial charge in [-0.05, 0) is 50.3 Å². The van der Waals surface area contributed by atoms with Gasteiger partial charge in [0.25, 0.3) is 0 Å². The second-order valence-electron chi connectivity index (χ2n) is 6.65. The van der Waals surface area contributed by atoms with Gasteiger partial charge in [-0.15, -0.1) is 12.4 Å². The Labute approximate surface area is 150 Å². The van der Waals surface area contributed by atoms with Gasteiger partial charge in [-0.3, -0.25) is 9.69 Å². The maximum atomic E-state index is 12.2. The molecule has 2 fully saturated rings. The monoisotopic (exact) mass is 353 g/mol. The minimum atomic E-state index is 0. The SMILES string of the molecule is COc1ccccc1NC(=O)CN1CCC(NCC2CC2)CC1.Cl. The van der Waals surface area contributed by atoms with Gasteiger partial charge in [-0.2, -0.15) is 0 Å². The van der Waals surface area contributed by atoms with Gasteiger partial charge in [0.2, 0.25) is 5.91 Å². The molecule has 0 atom stereocenters. The first-order valence-electron chi connectivity index (χ1n) is 8.63. The minimum Gasteiger partial charge on any atom is -0.495 e. The van der Waals surface area contributed by atoms with Gasteiger partial charge in [-0.1, -0.05) is 12.1 Å². The number of carbonyl (C=O) groups excluding carboxylic acids is 1. The molecule has 1 amide bonds. The Balaban J connectivity index is 0.00000208. The van der Waals surface area contributed by atoms with Gasteiger partial charge in [0.15, 0.2) is 0 Å². The summed E-state index contributed by atoms with van der Waals surface area (Å²) in [5.74, 6) is 1.65. The Hall–Kier alpha value is -1.30. The molecule has 3 rings (SSSR count). The van der Waals surface area contributed by atoms with E-state index in [0.717, 1.165) is 37.5 Å². The molecule has 1 saturated carbocycles. The molecule has 5 nitrogen and oxygen atoms in total. The normalized spacial score (nSPS) is 18.7. The maximum Gasteiger partial charge on any atom is 0.238 e. The Morgan fingerprint density at radius 1 is 1.21 bits per heavy atom. The maximum absolute atomic E-state index is 12.2. The highest BCUT2D eigenvalue weighted by molar-refractivity contribution is 5.93. The van der Waals surface area contributed by atoms with Crippen molar-refractivity contribution >= 4 is 24.0 Å². The van der Waals surface area contributed by atoms with Crippen LogP contribution >= 0.6 is 12.4 Å². The molecule has 0 bridgehead atoms. The second kappa shape index (κ2) is 9.25. The molecule has 0 aromatic heterocycles. The number of halogens is 1. The molecule has 6 heteroatoms. The summed E-state index contributed by atoms with van der Waals surface area (Å²) in [6, 6.07) is 8.14. The number of benzene rings is 1. The zero-order valence-corrected chi connectivity index (χ0v) is 15.1. The summed E-state index contributed by atoms with van der Waals surface area (Å²) in [5.41, 5.74) is 0.737. The predicted octanol–water partition coefficient (Wildman–Crippen LogP) is 2.52. The Morgan fingerprint density at radius 2 is 1.92 bits per heavy atom. The number of likely N-dealkylation sites (tertiary alicyclic amines) is 1. The molecule has 1 saturated heterocycles. The van der Waals surface area contributed by atoms with E-state index in [0.29, 0.717) is 18.3 Å². The van der Waals surface area contributed by atoms with Crippen LogP contribution in [-0.4, -0.2) is 50.1 Å². The van der Waals surface area contributed by atoms with Crippen LogP contribution in [0.3, 0.4) is 0 Å². The average Bonchev–Trinajstić information content (AvgIpc) is 3.39. The van der Waals surface area contributed by atoms with E-state index >= 15 is 0 Å². The largest absolute Gasteiger partial charge is 0.495 e. The van der Waals surface area contributed by atoms with Crippen LogP contribution in [0.15, 0.2) is 24.3 Å². The Kier molecular flexibility index (Phi) is 7.34. The van der Waals surface area contributed by atoms with E-state index in [-0.39, 0.29) is 18.3 Å². The molecule has 1 aliphatic carbocycles. The van der Waals surface area contributed by atoms with Crippen LogP contribution in [0, 0.1) is 5.92 Å². The number of para-hydroxylation sites is 2. The number of anilines is 1. The lowest BCUT2D eigenvalue weighted by molar-refractivity contribution is -0.117. The lowest BCUT2D eigenvalue weighted by atomic mass is 10.0. The van der Waals surface area contributed by atoms with Crippen LogP contribution in [0.5, 0.6) is 5.75 Å². The number of nitrogens with zero attached hydrogens (tertiary/aromatic N) is 1. The van der Waals surface area contributed by atoms with Crippen molar-refractivity contribution < 1.29 is 9.53 Å². The molecular weight excluding hydrogens is 326 g/mol. The Morgan fingerprint density at radius 3 is 2.58 bits per heavy atom. The van der Waals surface area contributed by atoms with Crippen LogP contribution in [0.1, 0.15) is 25.7 Å². The molecule has 0 spiro atoms. The standard InChI is InChI=1S/C18H27N3O2.ClH/c1-23-17-5-3-2-4-16(17)20-18(22)13-21-10-8-15(9-11-21)19-12-14-6-7-14;/h2-5,14-15,19H,6-13H2,1H3,(H,20,22);1H. The van der Waals surface area contributed by atoms with Crippen molar-refractivity contribution in [3.05, 3.63) is 24.3 Å². The van der Waals surface area contributed by atoms with Gasteiger partial charge in [-0.25, -0.2) is 0 Å². The number of amides is 1. The highest BCUT2D eigenvalue weighted by Gasteiger charge is 2.25. The van der Waals surface area contributed by atoms with E-state index in [9.17, 15) is 4.79 Å². The summed E-state index contributed by atoms with van der Waals surface area (Å²) in [4.78, 5) is 14.5. The molecule has 0 radical (unpaired) electrons. The summed E-state index contributed by atoms with van der Waals surface area (Å²) in [7, 11) is 1.62. The van der Waals surface area contributed by atoms with E-state index in [1.807, 2.05) is 24.3 Å². The second-order valence-corrected chi connectivity index (χ2v) is 6.65. The van der Waals surface area contributed by atoms with Crippen LogP contribution in [0.25, 0.3) is 0 Å². The Bertz CT molecular complexity index is 529. The number of piperidine rings is 1. The first-order valence-corrected chi connectivity index (χ1v) is 8.63. The summed E-state index contributed by atoms with van der Waals surface area (Å²) in [5, 5.41) is 6.62. The highest BCUT2D eigenvalue weighted by Crippen LogP contribution is 2.28. The fourth-order valence-corrected chi connectivity index (χ4v) is 3.09. The van der Waals surface area contributed by atoms with E-state index < -0.39 is 0 Å². The van der Waals surface area contributed by atoms with Crippen molar-refractivity contribution in [2.24, 2.45) is 5.92 Å². The van der Waals surface area contributed by atoms with E-state index in [1.165, 1.54) is 19.4 Å². The number of methoxy groups -OCH3 is 1. The van der Waals surface area contributed by atoms with Gasteiger partial charge in [0.1, 0.15) is 5.75 Å². The van der Waals surface area contributed by atoms with Gasteiger partial charge in [0.05, 0.1) is 19.3 Å². The third kappa shape index (κ3) is 5.65. The molecule has 1 aromatic rings. The van der Waals surface area contributed by atoms with E-state index in [1.54, 1.807) is 7.11 Å². The van der Waals surface area contributed by atoms with Gasteiger partial charge >= 0.3 is 0 Å². The number of hydrogen-bond acceptors (Lipinski definition) is 4. The zero-order valence-electron chi connectivity index (χ0n) is 14.3. The topological polar surface area (TPSA) is 53.6 Å². The molecular formula is C18H28ClN3O2. The molecule has 1 aliphatic heterocycles. The number of hydrogen-bond donors (Lipinski definition) is 2. The summed E-state index contributed by atoms with van der Waals surface area (Å²) in [6.45, 7) is 3.61. The lowest BCUT2D eigenvalue weighted by Crippen LogP contribution is -2.45. The van der Waals surface area contributed by atoms with E-state index in [4.69, 9.17) is 4.74 Å². The molecule has 2 aliphatic rings. The van der Waals surface area contributed by atoms with Crippen molar-refractivity contribution in [3.63, 3.8) is 0 Å². The minimum absolute atomic E-state index is 0. The molecule has 1 aromatic carbocycles. The number of ether oxygens (including phenoxy) is 1. The van der Waals surface area contributed by atoms with Crippen molar-refractivity contribution in [2.45, 2.75) is 31.7 Å². The van der Waals surface area contributed by atoms with Gasteiger partial charge in [0, 0.05) is 19.1 Å². The van der Waals surface area contributed by atoms with Crippen molar-refractivity contribution in [1.29, 1.82) is 0 Å². The average molecular weight is 354 g/mol. The smallest absolute Gasteiger partial charge is 0.238 e. The number of rotatable bonds is 7. The number of nitrogens with one attached hydrogen (secondary N) is 2. The summed E-state index contributed by atoms with van der Waals surface area (Å²) in [6.07, 6.45) is 5.06. The van der Waals surface area contributed by atoms with Crippen LogP contribution in [-0.2, 0) is 4.79 Å². The third-order valence-electron chi connectivity index (χ3n) is 4.73. The molecule has 134 valence electrons. The molecule has 24 heavy (non-hydrogen) atoms. The zero-order chi connectivity index (χ0) is 16.1. The molecule has 1 heterocycles. The van der Waals surface area contributed by atoms with E-state index in [2.05, 4.69) is 15.5 Å². The van der Waals surface area contributed by atoms with Crippen molar-refractivity contribution in [1.82, 2.24) is 10.2 Å². The quantitative estimate of drug-likeness (QED) is 0.791.